The zero-order valence-corrected chi connectivity index (χ0v) is 25.8. The second-order valence-electron chi connectivity index (χ2n) is 10.3. The Bertz CT molecular complexity index is 1020. The number of hydrogen-bond acceptors (Lipinski definition) is 10. The van der Waals surface area contributed by atoms with Gasteiger partial charge in [-0.25, -0.2) is 4.79 Å². The van der Waals surface area contributed by atoms with Crippen LogP contribution >= 0.6 is 0 Å². The van der Waals surface area contributed by atoms with Crippen LogP contribution in [0.1, 0.15) is 51.7 Å². The van der Waals surface area contributed by atoms with Crippen molar-refractivity contribution in [2.45, 2.75) is 77.7 Å². The van der Waals surface area contributed by atoms with E-state index in [-0.39, 0.29) is 19.0 Å². The molecule has 1 amide bonds. The highest BCUT2D eigenvalue weighted by Gasteiger charge is 2.28. The lowest BCUT2D eigenvalue weighted by Crippen LogP contribution is -2.42. The van der Waals surface area contributed by atoms with Crippen molar-refractivity contribution in [3.8, 4) is 11.5 Å². The van der Waals surface area contributed by atoms with E-state index < -0.39 is 30.0 Å². The molecular formula is C31H47NO10. The molecular weight excluding hydrogens is 546 g/mol. The maximum absolute atomic E-state index is 11.3. The number of benzene rings is 2. The number of hydrogen-bond donors (Lipinski definition) is 2. The van der Waals surface area contributed by atoms with Crippen molar-refractivity contribution in [2.75, 3.05) is 34.5 Å². The lowest BCUT2D eigenvalue weighted by Gasteiger charge is -2.29. The van der Waals surface area contributed by atoms with Crippen LogP contribution in [0.2, 0.25) is 0 Å². The molecule has 0 bridgehead atoms. The Morgan fingerprint density at radius 2 is 1.36 bits per heavy atom. The Labute approximate surface area is 249 Å². The summed E-state index contributed by atoms with van der Waals surface area (Å²) in [5.74, 6) is 1.25. The number of methoxy groups -OCH3 is 3. The minimum atomic E-state index is -0.794. The lowest BCUT2D eigenvalue weighted by atomic mass is 10.1. The van der Waals surface area contributed by atoms with Crippen LogP contribution < -0.4 is 15.2 Å². The number of aliphatic hydroxyl groups excluding tert-OH is 1. The van der Waals surface area contributed by atoms with Crippen LogP contribution in [0.5, 0.6) is 11.5 Å². The number of amides is 1. The largest absolute Gasteiger partial charge is 0.497 e. The molecule has 2 aromatic carbocycles. The molecule has 3 atom stereocenters. The predicted octanol–water partition coefficient (Wildman–Crippen LogP) is 4.41. The Hall–Kier alpha value is -3.38. The molecule has 0 aliphatic heterocycles. The van der Waals surface area contributed by atoms with E-state index in [9.17, 15) is 14.7 Å². The molecule has 2 rings (SSSR count). The van der Waals surface area contributed by atoms with Crippen molar-refractivity contribution < 1.29 is 47.9 Å². The summed E-state index contributed by atoms with van der Waals surface area (Å²) in [4.78, 5) is 21.3. The average molecular weight is 594 g/mol. The number of aliphatic hydroxyl groups is 1. The number of rotatable bonds is 16. The second-order valence-corrected chi connectivity index (χ2v) is 10.3. The maximum atomic E-state index is 11.3. The summed E-state index contributed by atoms with van der Waals surface area (Å²) >= 11 is 0. The first-order valence-corrected chi connectivity index (χ1v) is 13.7. The summed E-state index contributed by atoms with van der Waals surface area (Å²) in [5, 5.41) is 10.5. The molecule has 236 valence electrons. The topological polar surface area (TPSA) is 145 Å². The first-order valence-electron chi connectivity index (χ1n) is 13.7. The molecule has 0 radical (unpaired) electrons. The minimum absolute atomic E-state index is 0.204. The number of carbonyl (C=O) groups excluding carboxylic acids is 2. The number of esters is 1. The van der Waals surface area contributed by atoms with Crippen molar-refractivity contribution in [1.29, 1.82) is 0 Å². The molecule has 0 heterocycles. The van der Waals surface area contributed by atoms with Crippen molar-refractivity contribution >= 4 is 12.1 Å². The van der Waals surface area contributed by atoms with Crippen molar-refractivity contribution in [1.82, 2.24) is 0 Å². The van der Waals surface area contributed by atoms with Crippen LogP contribution in [-0.4, -0.2) is 75.6 Å². The van der Waals surface area contributed by atoms with Gasteiger partial charge in [-0.2, -0.15) is 0 Å². The fraction of sp³-hybridized carbons (Fsp3) is 0.548. The lowest BCUT2D eigenvalue weighted by molar-refractivity contribution is -0.149. The van der Waals surface area contributed by atoms with Crippen LogP contribution in [-0.2, 0) is 41.7 Å². The summed E-state index contributed by atoms with van der Waals surface area (Å²) < 4.78 is 37.6. The van der Waals surface area contributed by atoms with Crippen LogP contribution in [0.15, 0.2) is 48.5 Å². The Balaban J connectivity index is 0.000000962. The van der Waals surface area contributed by atoms with Gasteiger partial charge in [0.05, 0.1) is 47.3 Å². The zero-order chi connectivity index (χ0) is 31.5. The fourth-order valence-corrected chi connectivity index (χ4v) is 3.56. The van der Waals surface area contributed by atoms with Crippen molar-refractivity contribution in [3.63, 3.8) is 0 Å². The minimum Gasteiger partial charge on any atom is -0.497 e. The Morgan fingerprint density at radius 1 is 0.857 bits per heavy atom. The van der Waals surface area contributed by atoms with Crippen LogP contribution in [0.25, 0.3) is 0 Å². The molecule has 11 heteroatoms. The fourth-order valence-electron chi connectivity index (χ4n) is 3.56. The molecule has 42 heavy (non-hydrogen) atoms. The number of nitrogens with two attached hydrogens (primary N) is 1. The summed E-state index contributed by atoms with van der Waals surface area (Å²) in [6.45, 7) is 8.13. The van der Waals surface area contributed by atoms with Gasteiger partial charge in [0.25, 0.3) is 0 Å². The second kappa shape index (κ2) is 19.7. The van der Waals surface area contributed by atoms with E-state index in [4.69, 9.17) is 29.4 Å². The van der Waals surface area contributed by atoms with E-state index >= 15 is 0 Å². The van der Waals surface area contributed by atoms with E-state index in [1.807, 2.05) is 48.5 Å². The summed E-state index contributed by atoms with van der Waals surface area (Å²) in [6, 6.07) is 15.1. The van der Waals surface area contributed by atoms with Gasteiger partial charge in [-0.15, -0.1) is 0 Å². The summed E-state index contributed by atoms with van der Waals surface area (Å²) in [5.41, 5.74) is 6.16. The van der Waals surface area contributed by atoms with Gasteiger partial charge in [0.1, 0.15) is 29.3 Å². The molecule has 0 saturated heterocycles. The van der Waals surface area contributed by atoms with E-state index in [1.54, 1.807) is 41.9 Å². The zero-order valence-electron chi connectivity index (χ0n) is 25.8. The third kappa shape index (κ3) is 16.2. The van der Waals surface area contributed by atoms with Crippen LogP contribution in [0.3, 0.4) is 0 Å². The highest BCUT2D eigenvalue weighted by molar-refractivity contribution is 5.69. The maximum Gasteiger partial charge on any atom is 0.405 e. The van der Waals surface area contributed by atoms with Crippen LogP contribution in [0.4, 0.5) is 4.79 Å². The van der Waals surface area contributed by atoms with Crippen molar-refractivity contribution in [3.05, 3.63) is 59.7 Å². The quantitative estimate of drug-likeness (QED) is 0.212. The van der Waals surface area contributed by atoms with Crippen LogP contribution in [0, 0.1) is 0 Å². The average Bonchev–Trinajstić information content (AvgIpc) is 2.94. The van der Waals surface area contributed by atoms with Gasteiger partial charge in [0.2, 0.25) is 0 Å². The van der Waals surface area contributed by atoms with Gasteiger partial charge < -0.3 is 44.0 Å². The molecule has 0 fully saturated rings. The Morgan fingerprint density at radius 3 is 1.74 bits per heavy atom. The summed E-state index contributed by atoms with van der Waals surface area (Å²) in [6.07, 6.45) is -1.86. The van der Waals surface area contributed by atoms with Gasteiger partial charge in [-0.05, 0) is 69.5 Å². The number of carbonyl (C=O) groups is 2. The normalized spacial score (nSPS) is 13.1. The van der Waals surface area contributed by atoms with Gasteiger partial charge in [0.15, 0.2) is 0 Å². The molecule has 0 saturated carbocycles. The molecule has 11 nitrogen and oxygen atoms in total. The molecule has 0 aliphatic rings. The van der Waals surface area contributed by atoms with Gasteiger partial charge in [0, 0.05) is 13.0 Å². The Kier molecular flexibility index (Phi) is 17.2. The van der Waals surface area contributed by atoms with E-state index in [0.717, 1.165) is 22.6 Å². The first-order chi connectivity index (χ1) is 19.9. The predicted molar refractivity (Wildman–Crippen MR) is 157 cm³/mol. The number of ether oxygens (including phenoxy) is 7. The molecule has 2 aromatic rings. The van der Waals surface area contributed by atoms with Gasteiger partial charge in [-0.3, -0.25) is 4.79 Å². The molecule has 0 aliphatic carbocycles. The first kappa shape index (κ1) is 36.6. The van der Waals surface area contributed by atoms with Gasteiger partial charge >= 0.3 is 12.1 Å². The molecule has 3 N–H and O–H groups in total. The highest BCUT2D eigenvalue weighted by atomic mass is 16.6. The van der Waals surface area contributed by atoms with Crippen molar-refractivity contribution in [2.24, 2.45) is 5.73 Å². The summed E-state index contributed by atoms with van der Waals surface area (Å²) in [7, 11) is 4.59. The standard InChI is InChI=1S/C26H36O8.C5H11NO2/c1-19(27)26(34-17-21-9-13-23(30-3)14-10-21)24(18-32-15-5-6-25(28)31-4)33-16-20-7-11-22(29-2)12-8-20;1-5(2,3)8-4(6)7/h7-14,19,24,26-27H,5-6,15-18H2,1-4H3;1-3H3,(H2,6,7)/t19?,24?,26-;/m0./s1. The van der Waals surface area contributed by atoms with E-state index in [2.05, 4.69) is 9.47 Å². The monoisotopic (exact) mass is 593 g/mol. The third-order valence-corrected chi connectivity index (χ3v) is 5.65. The van der Waals surface area contributed by atoms with E-state index in [0.29, 0.717) is 26.2 Å². The highest BCUT2D eigenvalue weighted by Crippen LogP contribution is 2.19. The smallest absolute Gasteiger partial charge is 0.405 e. The van der Waals surface area contributed by atoms with E-state index in [1.165, 1.54) is 7.11 Å². The molecule has 0 aromatic heterocycles. The third-order valence-electron chi connectivity index (χ3n) is 5.65. The molecule has 2 unspecified atom stereocenters. The molecule has 0 spiro atoms. The number of primary amides is 1. The SMILES string of the molecule is CC(C)(C)OC(N)=O.COC(=O)CCCOCC(OCc1ccc(OC)cc1)[C@@H](OCc1ccc(OC)cc1)C(C)O. The van der Waals surface area contributed by atoms with Gasteiger partial charge in [-0.1, -0.05) is 24.3 Å².